The Morgan fingerprint density at radius 2 is 1.47 bits per heavy atom. The monoisotopic (exact) mass is 239 g/mol. The van der Waals surface area contributed by atoms with Gasteiger partial charge in [-0.3, -0.25) is 0 Å². The maximum Gasteiger partial charge on any atom is -0.00462 e. The van der Waals surface area contributed by atoms with Crippen molar-refractivity contribution in [3.05, 3.63) is 0 Å². The zero-order chi connectivity index (χ0) is 12.3. The summed E-state index contributed by atoms with van der Waals surface area (Å²) in [4.78, 5) is 0. The maximum atomic E-state index is 5.93. The average molecular weight is 239 g/mol. The summed E-state index contributed by atoms with van der Waals surface area (Å²) in [6, 6.07) is 0. The van der Waals surface area contributed by atoms with E-state index in [-0.39, 0.29) is 0 Å². The van der Waals surface area contributed by atoms with E-state index in [1.807, 2.05) is 0 Å². The predicted molar refractivity (Wildman–Crippen MR) is 77.1 cm³/mol. The van der Waals surface area contributed by atoms with Crippen molar-refractivity contribution in [2.24, 2.45) is 17.6 Å². The highest BCUT2D eigenvalue weighted by atomic mass is 14.6. The topological polar surface area (TPSA) is 26.0 Å². The van der Waals surface area contributed by atoms with E-state index in [2.05, 4.69) is 6.92 Å². The van der Waals surface area contributed by atoms with Gasteiger partial charge in [0.25, 0.3) is 0 Å². The van der Waals surface area contributed by atoms with Crippen LogP contribution in [0.15, 0.2) is 0 Å². The Bertz CT molecular complexity index is 167. The Labute approximate surface area is 109 Å². The number of rotatable bonds is 8. The van der Waals surface area contributed by atoms with Crippen molar-refractivity contribution in [2.45, 2.75) is 84.0 Å². The first-order valence-electron chi connectivity index (χ1n) is 8.08. The third kappa shape index (κ3) is 6.45. The molecule has 1 saturated carbocycles. The SMILES string of the molecule is CCCCCCCCC1CCCCCC1CN. The Hall–Kier alpha value is -0.0400. The lowest BCUT2D eigenvalue weighted by Gasteiger charge is -2.23. The summed E-state index contributed by atoms with van der Waals surface area (Å²) < 4.78 is 0. The zero-order valence-electron chi connectivity index (χ0n) is 11.9. The number of nitrogens with two attached hydrogens (primary N) is 1. The molecule has 2 atom stereocenters. The lowest BCUT2D eigenvalue weighted by molar-refractivity contribution is 0.292. The van der Waals surface area contributed by atoms with Gasteiger partial charge in [-0.15, -0.1) is 0 Å². The summed E-state index contributed by atoms with van der Waals surface area (Å²) in [5.41, 5.74) is 5.93. The minimum absolute atomic E-state index is 0.841. The molecular weight excluding hydrogens is 206 g/mol. The second-order valence-corrected chi connectivity index (χ2v) is 5.95. The van der Waals surface area contributed by atoms with Gasteiger partial charge in [-0.1, -0.05) is 77.6 Å². The van der Waals surface area contributed by atoms with E-state index in [9.17, 15) is 0 Å². The average Bonchev–Trinajstić information content (AvgIpc) is 2.58. The fourth-order valence-corrected chi connectivity index (χ4v) is 3.34. The van der Waals surface area contributed by atoms with Gasteiger partial charge in [0.15, 0.2) is 0 Å². The van der Waals surface area contributed by atoms with Gasteiger partial charge in [-0.25, -0.2) is 0 Å². The van der Waals surface area contributed by atoms with Crippen LogP contribution in [0, 0.1) is 11.8 Å². The first kappa shape index (κ1) is 15.0. The van der Waals surface area contributed by atoms with Crippen molar-refractivity contribution in [1.29, 1.82) is 0 Å². The molecule has 1 heteroatoms. The lowest BCUT2D eigenvalue weighted by Crippen LogP contribution is -2.22. The minimum atomic E-state index is 0.841. The maximum absolute atomic E-state index is 5.93. The Balaban J connectivity index is 2.10. The molecule has 0 saturated heterocycles. The first-order valence-corrected chi connectivity index (χ1v) is 8.08. The summed E-state index contributed by atoms with van der Waals surface area (Å²) in [7, 11) is 0. The predicted octanol–water partition coefficient (Wildman–Crippen LogP) is 4.89. The van der Waals surface area contributed by atoms with Crippen LogP contribution in [-0.4, -0.2) is 6.54 Å². The van der Waals surface area contributed by atoms with E-state index in [0.29, 0.717) is 0 Å². The lowest BCUT2D eigenvalue weighted by atomic mass is 9.84. The molecule has 0 radical (unpaired) electrons. The van der Waals surface area contributed by atoms with Crippen LogP contribution in [0.2, 0.25) is 0 Å². The van der Waals surface area contributed by atoms with Crippen molar-refractivity contribution in [2.75, 3.05) is 6.54 Å². The van der Waals surface area contributed by atoms with Gasteiger partial charge >= 0.3 is 0 Å². The quantitative estimate of drug-likeness (QED) is 0.473. The molecule has 0 aliphatic heterocycles. The van der Waals surface area contributed by atoms with Crippen LogP contribution >= 0.6 is 0 Å². The minimum Gasteiger partial charge on any atom is -0.330 e. The Morgan fingerprint density at radius 3 is 2.18 bits per heavy atom. The zero-order valence-corrected chi connectivity index (χ0v) is 11.9. The molecule has 2 unspecified atom stereocenters. The molecule has 0 amide bonds. The molecule has 1 nitrogen and oxygen atoms in total. The molecule has 1 aliphatic carbocycles. The van der Waals surface area contributed by atoms with Crippen molar-refractivity contribution in [1.82, 2.24) is 0 Å². The molecule has 17 heavy (non-hydrogen) atoms. The summed E-state index contributed by atoms with van der Waals surface area (Å²) in [6.07, 6.45) is 17.2. The van der Waals surface area contributed by atoms with E-state index in [1.165, 1.54) is 77.0 Å². The largest absolute Gasteiger partial charge is 0.330 e. The normalized spacial score (nSPS) is 25.8. The van der Waals surface area contributed by atoms with Gasteiger partial charge in [0.05, 0.1) is 0 Å². The van der Waals surface area contributed by atoms with Gasteiger partial charge in [-0.05, 0) is 24.8 Å². The second-order valence-electron chi connectivity index (χ2n) is 5.95. The smallest absolute Gasteiger partial charge is 0.00462 e. The molecule has 0 aromatic heterocycles. The van der Waals surface area contributed by atoms with Crippen LogP contribution in [0.3, 0.4) is 0 Å². The molecule has 0 spiro atoms. The number of hydrogen-bond donors (Lipinski definition) is 1. The van der Waals surface area contributed by atoms with Gasteiger partial charge in [-0.2, -0.15) is 0 Å². The summed E-state index contributed by atoms with van der Waals surface area (Å²) in [5.74, 6) is 1.79. The highest BCUT2D eigenvalue weighted by molar-refractivity contribution is 4.74. The van der Waals surface area contributed by atoms with Crippen molar-refractivity contribution >= 4 is 0 Å². The Morgan fingerprint density at radius 1 is 0.824 bits per heavy atom. The third-order valence-electron chi connectivity index (χ3n) is 4.55. The molecule has 1 aliphatic rings. The summed E-state index contributed by atoms with van der Waals surface area (Å²) >= 11 is 0. The van der Waals surface area contributed by atoms with E-state index in [0.717, 1.165) is 18.4 Å². The molecule has 0 heterocycles. The summed E-state index contributed by atoms with van der Waals surface area (Å²) in [5, 5.41) is 0. The van der Waals surface area contributed by atoms with Crippen LogP contribution in [-0.2, 0) is 0 Å². The first-order chi connectivity index (χ1) is 8.38. The number of unbranched alkanes of at least 4 members (excludes halogenated alkanes) is 5. The van der Waals surface area contributed by atoms with E-state index < -0.39 is 0 Å². The van der Waals surface area contributed by atoms with E-state index >= 15 is 0 Å². The standard InChI is InChI=1S/C16H33N/c1-2-3-4-5-6-8-11-15-12-9-7-10-13-16(15)14-17/h15-16H,2-14,17H2,1H3. The van der Waals surface area contributed by atoms with Gasteiger partial charge < -0.3 is 5.73 Å². The molecule has 102 valence electrons. The highest BCUT2D eigenvalue weighted by Gasteiger charge is 2.21. The highest BCUT2D eigenvalue weighted by Crippen LogP contribution is 2.31. The fourth-order valence-electron chi connectivity index (χ4n) is 3.34. The van der Waals surface area contributed by atoms with Gasteiger partial charge in [0.1, 0.15) is 0 Å². The van der Waals surface area contributed by atoms with E-state index in [4.69, 9.17) is 5.73 Å². The molecule has 1 rings (SSSR count). The molecular formula is C16H33N. The van der Waals surface area contributed by atoms with Crippen molar-refractivity contribution in [3.63, 3.8) is 0 Å². The van der Waals surface area contributed by atoms with E-state index in [1.54, 1.807) is 0 Å². The van der Waals surface area contributed by atoms with Crippen LogP contribution in [0.1, 0.15) is 84.0 Å². The number of hydrogen-bond acceptors (Lipinski definition) is 1. The van der Waals surface area contributed by atoms with Crippen LogP contribution in [0.4, 0.5) is 0 Å². The second kappa shape index (κ2) is 9.94. The molecule has 0 aromatic rings. The van der Waals surface area contributed by atoms with Crippen molar-refractivity contribution < 1.29 is 0 Å². The van der Waals surface area contributed by atoms with Crippen LogP contribution in [0.25, 0.3) is 0 Å². The molecule has 0 bridgehead atoms. The molecule has 1 fully saturated rings. The van der Waals surface area contributed by atoms with Gasteiger partial charge in [0.2, 0.25) is 0 Å². The van der Waals surface area contributed by atoms with Crippen LogP contribution < -0.4 is 5.73 Å². The molecule has 0 aromatic carbocycles. The fraction of sp³-hybridized carbons (Fsp3) is 1.00. The third-order valence-corrected chi connectivity index (χ3v) is 4.55. The Kier molecular flexibility index (Phi) is 8.78. The summed E-state index contributed by atoms with van der Waals surface area (Å²) in [6.45, 7) is 3.22. The van der Waals surface area contributed by atoms with Crippen molar-refractivity contribution in [3.8, 4) is 0 Å². The van der Waals surface area contributed by atoms with Gasteiger partial charge in [0, 0.05) is 0 Å². The molecule has 2 N–H and O–H groups in total. The van der Waals surface area contributed by atoms with Crippen LogP contribution in [0.5, 0.6) is 0 Å².